The van der Waals surface area contributed by atoms with E-state index < -0.39 is 0 Å². The average molecular weight is 264 g/mol. The highest BCUT2D eigenvalue weighted by atomic mass is 32.2. The second-order valence-electron chi connectivity index (χ2n) is 5.42. The Labute approximate surface area is 115 Å². The standard InChI is InChI=1S/C15H24N2S/c1-12(2)16-8-9-17(3)11-14-10-13-6-4-5-7-15(13)18-14/h4-7,12,14,16H,8-11H2,1-3H3. The number of thioether (sulfide) groups is 1. The van der Waals surface area contributed by atoms with Gasteiger partial charge in [0.1, 0.15) is 0 Å². The second-order valence-corrected chi connectivity index (χ2v) is 6.76. The summed E-state index contributed by atoms with van der Waals surface area (Å²) in [6, 6.07) is 9.40. The second kappa shape index (κ2) is 6.60. The highest BCUT2D eigenvalue weighted by Crippen LogP contribution is 2.36. The number of likely N-dealkylation sites (N-methyl/N-ethyl adjacent to an activating group) is 1. The fourth-order valence-corrected chi connectivity index (χ4v) is 3.75. The van der Waals surface area contributed by atoms with Crippen LogP contribution in [0.2, 0.25) is 0 Å². The van der Waals surface area contributed by atoms with Gasteiger partial charge in [-0.2, -0.15) is 0 Å². The van der Waals surface area contributed by atoms with Crippen molar-refractivity contribution in [3.63, 3.8) is 0 Å². The van der Waals surface area contributed by atoms with Crippen LogP contribution < -0.4 is 5.32 Å². The first kappa shape index (κ1) is 13.9. The molecule has 1 N–H and O–H groups in total. The maximum atomic E-state index is 3.47. The lowest BCUT2D eigenvalue weighted by molar-refractivity contribution is 0.327. The van der Waals surface area contributed by atoms with Crippen molar-refractivity contribution in [1.82, 2.24) is 10.2 Å². The van der Waals surface area contributed by atoms with Crippen LogP contribution in [0.25, 0.3) is 0 Å². The molecule has 0 saturated carbocycles. The molecule has 1 aliphatic heterocycles. The Morgan fingerprint density at radius 2 is 2.17 bits per heavy atom. The van der Waals surface area contributed by atoms with Gasteiger partial charge in [0, 0.05) is 35.8 Å². The molecule has 0 spiro atoms. The first-order valence-corrected chi connectivity index (χ1v) is 7.69. The van der Waals surface area contributed by atoms with E-state index in [9.17, 15) is 0 Å². The van der Waals surface area contributed by atoms with Crippen molar-refractivity contribution in [2.24, 2.45) is 0 Å². The number of nitrogens with zero attached hydrogens (tertiary/aromatic N) is 1. The molecule has 2 rings (SSSR count). The van der Waals surface area contributed by atoms with E-state index in [1.165, 1.54) is 23.4 Å². The number of benzene rings is 1. The van der Waals surface area contributed by atoms with Gasteiger partial charge < -0.3 is 10.2 Å². The van der Waals surface area contributed by atoms with Crippen molar-refractivity contribution in [2.75, 3.05) is 26.7 Å². The normalized spacial score (nSPS) is 18.6. The van der Waals surface area contributed by atoms with Crippen LogP contribution in [0.1, 0.15) is 19.4 Å². The Morgan fingerprint density at radius 3 is 2.89 bits per heavy atom. The summed E-state index contributed by atoms with van der Waals surface area (Å²) in [4.78, 5) is 3.93. The molecule has 100 valence electrons. The molecule has 1 aliphatic rings. The number of nitrogens with one attached hydrogen (secondary N) is 1. The van der Waals surface area contributed by atoms with Crippen LogP contribution >= 0.6 is 11.8 Å². The summed E-state index contributed by atoms with van der Waals surface area (Å²) in [7, 11) is 2.23. The summed E-state index contributed by atoms with van der Waals surface area (Å²) in [6.45, 7) is 7.79. The Bertz CT molecular complexity index is 354. The topological polar surface area (TPSA) is 15.3 Å². The monoisotopic (exact) mass is 264 g/mol. The molecule has 1 atom stereocenters. The third-order valence-electron chi connectivity index (χ3n) is 3.28. The van der Waals surface area contributed by atoms with Crippen LogP contribution in [0.4, 0.5) is 0 Å². The van der Waals surface area contributed by atoms with Gasteiger partial charge in [0.15, 0.2) is 0 Å². The zero-order chi connectivity index (χ0) is 13.0. The highest BCUT2D eigenvalue weighted by molar-refractivity contribution is 8.00. The fourth-order valence-electron chi connectivity index (χ4n) is 2.34. The van der Waals surface area contributed by atoms with E-state index in [1.807, 2.05) is 11.8 Å². The number of hydrogen-bond donors (Lipinski definition) is 1. The molecule has 0 bridgehead atoms. The van der Waals surface area contributed by atoms with Crippen LogP contribution in [0.5, 0.6) is 0 Å². The molecular formula is C15H24N2S. The summed E-state index contributed by atoms with van der Waals surface area (Å²) in [5.74, 6) is 0. The first-order valence-electron chi connectivity index (χ1n) is 6.81. The minimum Gasteiger partial charge on any atom is -0.313 e. The van der Waals surface area contributed by atoms with Crippen LogP contribution in [-0.2, 0) is 6.42 Å². The van der Waals surface area contributed by atoms with Crippen molar-refractivity contribution < 1.29 is 0 Å². The van der Waals surface area contributed by atoms with Crippen molar-refractivity contribution in [3.8, 4) is 0 Å². The van der Waals surface area contributed by atoms with Crippen molar-refractivity contribution in [1.29, 1.82) is 0 Å². The van der Waals surface area contributed by atoms with Gasteiger partial charge >= 0.3 is 0 Å². The minimum atomic E-state index is 0.587. The third kappa shape index (κ3) is 4.01. The molecule has 1 aromatic carbocycles. The SMILES string of the molecule is CC(C)NCCN(C)CC1Cc2ccccc2S1. The first-order chi connectivity index (χ1) is 8.65. The molecule has 0 fully saturated rings. The predicted octanol–water partition coefficient (Wildman–Crippen LogP) is 2.63. The molecule has 0 aliphatic carbocycles. The Balaban J connectivity index is 1.72. The Kier molecular flexibility index (Phi) is 5.10. The van der Waals surface area contributed by atoms with E-state index in [2.05, 4.69) is 55.4 Å². The quantitative estimate of drug-likeness (QED) is 0.850. The molecule has 0 saturated heterocycles. The molecule has 2 nitrogen and oxygen atoms in total. The van der Waals surface area contributed by atoms with E-state index in [1.54, 1.807) is 0 Å². The molecule has 1 unspecified atom stereocenters. The van der Waals surface area contributed by atoms with Gasteiger partial charge in [0.2, 0.25) is 0 Å². The lowest BCUT2D eigenvalue weighted by Gasteiger charge is -2.21. The van der Waals surface area contributed by atoms with Gasteiger partial charge in [-0.3, -0.25) is 0 Å². The van der Waals surface area contributed by atoms with Gasteiger partial charge in [0.25, 0.3) is 0 Å². The smallest absolute Gasteiger partial charge is 0.0263 e. The number of rotatable bonds is 6. The van der Waals surface area contributed by atoms with Gasteiger partial charge in [-0.05, 0) is 25.1 Å². The molecule has 3 heteroatoms. The van der Waals surface area contributed by atoms with Crippen molar-refractivity contribution >= 4 is 11.8 Å². The van der Waals surface area contributed by atoms with E-state index >= 15 is 0 Å². The fraction of sp³-hybridized carbons (Fsp3) is 0.600. The highest BCUT2D eigenvalue weighted by Gasteiger charge is 2.22. The average Bonchev–Trinajstić information content (AvgIpc) is 2.70. The van der Waals surface area contributed by atoms with Gasteiger partial charge in [-0.25, -0.2) is 0 Å². The minimum absolute atomic E-state index is 0.587. The molecule has 0 amide bonds. The number of fused-ring (bicyclic) bond motifs is 1. The zero-order valence-electron chi connectivity index (χ0n) is 11.6. The lowest BCUT2D eigenvalue weighted by Crippen LogP contribution is -2.35. The zero-order valence-corrected chi connectivity index (χ0v) is 12.5. The Hall–Kier alpha value is -0.510. The van der Waals surface area contributed by atoms with E-state index in [0.717, 1.165) is 18.3 Å². The number of hydrogen-bond acceptors (Lipinski definition) is 3. The molecular weight excluding hydrogens is 240 g/mol. The molecule has 0 radical (unpaired) electrons. The maximum absolute atomic E-state index is 3.47. The molecule has 1 aromatic rings. The van der Waals surface area contributed by atoms with Gasteiger partial charge in [-0.1, -0.05) is 32.0 Å². The van der Waals surface area contributed by atoms with Crippen LogP contribution in [0.15, 0.2) is 29.2 Å². The lowest BCUT2D eigenvalue weighted by atomic mass is 10.1. The summed E-state index contributed by atoms with van der Waals surface area (Å²) < 4.78 is 0. The van der Waals surface area contributed by atoms with Crippen molar-refractivity contribution in [2.45, 2.75) is 36.5 Å². The van der Waals surface area contributed by atoms with Crippen LogP contribution in [0, 0.1) is 0 Å². The molecule has 0 aromatic heterocycles. The summed E-state index contributed by atoms with van der Waals surface area (Å²) in [6.07, 6.45) is 1.22. The van der Waals surface area contributed by atoms with E-state index in [-0.39, 0.29) is 0 Å². The van der Waals surface area contributed by atoms with E-state index in [4.69, 9.17) is 0 Å². The van der Waals surface area contributed by atoms with Gasteiger partial charge in [0.05, 0.1) is 0 Å². The van der Waals surface area contributed by atoms with Crippen molar-refractivity contribution in [3.05, 3.63) is 29.8 Å². The van der Waals surface area contributed by atoms with Gasteiger partial charge in [-0.15, -0.1) is 11.8 Å². The summed E-state index contributed by atoms with van der Waals surface area (Å²) in [5, 5.41) is 4.20. The van der Waals surface area contributed by atoms with Crippen LogP contribution in [0.3, 0.4) is 0 Å². The maximum Gasteiger partial charge on any atom is 0.0263 e. The third-order valence-corrected chi connectivity index (χ3v) is 4.58. The largest absolute Gasteiger partial charge is 0.313 e. The molecule has 1 heterocycles. The summed E-state index contributed by atoms with van der Waals surface area (Å²) >= 11 is 2.04. The summed E-state index contributed by atoms with van der Waals surface area (Å²) in [5.41, 5.74) is 1.53. The predicted molar refractivity (Wildman–Crippen MR) is 80.4 cm³/mol. The Morgan fingerprint density at radius 1 is 1.39 bits per heavy atom. The van der Waals surface area contributed by atoms with Crippen LogP contribution in [-0.4, -0.2) is 42.9 Å². The molecule has 18 heavy (non-hydrogen) atoms. The van der Waals surface area contributed by atoms with E-state index in [0.29, 0.717) is 6.04 Å².